The van der Waals surface area contributed by atoms with E-state index in [1.165, 1.54) is 6.07 Å². The third kappa shape index (κ3) is 4.88. The first-order chi connectivity index (χ1) is 12.9. The number of hydrogen-bond acceptors (Lipinski definition) is 5. The van der Waals surface area contributed by atoms with E-state index in [4.69, 9.17) is 23.2 Å². The van der Waals surface area contributed by atoms with Crippen LogP contribution >= 0.6 is 23.2 Å². The molecule has 1 saturated heterocycles. The van der Waals surface area contributed by atoms with E-state index in [2.05, 4.69) is 5.32 Å². The molecule has 0 aliphatic carbocycles. The number of carbonyl (C=O) groups is 1. The number of benzene rings is 2. The van der Waals surface area contributed by atoms with Crippen molar-refractivity contribution in [3.63, 3.8) is 0 Å². The number of amides is 1. The lowest BCUT2D eigenvalue weighted by molar-refractivity contribution is -0.384. The van der Waals surface area contributed by atoms with Crippen LogP contribution in [0.3, 0.4) is 0 Å². The Morgan fingerprint density at radius 3 is 2.52 bits per heavy atom. The molecule has 0 radical (unpaired) electrons. The van der Waals surface area contributed by atoms with Gasteiger partial charge in [-0.2, -0.15) is 0 Å². The molecule has 0 bridgehead atoms. The van der Waals surface area contributed by atoms with Gasteiger partial charge in [0.25, 0.3) is 5.69 Å². The van der Waals surface area contributed by atoms with Gasteiger partial charge in [-0.3, -0.25) is 19.8 Å². The number of rotatable bonds is 5. The van der Waals surface area contributed by atoms with E-state index < -0.39 is 0 Å². The lowest BCUT2D eigenvalue weighted by atomic mass is 10.2. The van der Waals surface area contributed by atoms with Crippen LogP contribution in [0.15, 0.2) is 42.5 Å². The summed E-state index contributed by atoms with van der Waals surface area (Å²) >= 11 is 12.0. The van der Waals surface area contributed by atoms with Crippen LogP contribution in [0.25, 0.3) is 0 Å². The molecular formula is C18H18Cl2N4O3. The maximum atomic E-state index is 12.3. The molecule has 2 aromatic carbocycles. The number of nitrogens with zero attached hydrogens (tertiary/aromatic N) is 3. The second-order valence-corrected chi connectivity index (χ2v) is 7.03. The Kier molecular flexibility index (Phi) is 6.15. The zero-order valence-electron chi connectivity index (χ0n) is 14.4. The normalized spacial score (nSPS) is 14.8. The molecule has 142 valence electrons. The van der Waals surface area contributed by atoms with Crippen molar-refractivity contribution in [3.8, 4) is 0 Å². The van der Waals surface area contributed by atoms with Crippen molar-refractivity contribution in [2.45, 2.75) is 0 Å². The van der Waals surface area contributed by atoms with E-state index in [9.17, 15) is 14.9 Å². The van der Waals surface area contributed by atoms with Gasteiger partial charge in [0.1, 0.15) is 5.69 Å². The molecule has 1 heterocycles. The van der Waals surface area contributed by atoms with E-state index in [0.29, 0.717) is 47.6 Å². The first-order valence-electron chi connectivity index (χ1n) is 8.39. The predicted molar refractivity (Wildman–Crippen MR) is 107 cm³/mol. The third-order valence-corrected chi connectivity index (χ3v) is 4.93. The summed E-state index contributed by atoms with van der Waals surface area (Å²) in [7, 11) is 0. The Morgan fingerprint density at radius 1 is 1.11 bits per heavy atom. The number of nitro groups is 1. The molecule has 0 aromatic heterocycles. The summed E-state index contributed by atoms with van der Waals surface area (Å²) in [5.74, 6) is -0.182. The van der Waals surface area contributed by atoms with Crippen LogP contribution in [0.5, 0.6) is 0 Å². The maximum absolute atomic E-state index is 12.3. The summed E-state index contributed by atoms with van der Waals surface area (Å²) in [4.78, 5) is 27.1. The summed E-state index contributed by atoms with van der Waals surface area (Å²) < 4.78 is 0. The quantitative estimate of drug-likeness (QED) is 0.602. The second kappa shape index (κ2) is 8.56. The first-order valence-corrected chi connectivity index (χ1v) is 9.15. The number of piperazine rings is 1. The van der Waals surface area contributed by atoms with Gasteiger partial charge in [0.05, 0.1) is 22.2 Å². The first kappa shape index (κ1) is 19.4. The van der Waals surface area contributed by atoms with E-state index in [-0.39, 0.29) is 23.1 Å². The molecule has 1 aliphatic heterocycles. The SMILES string of the molecule is O=C(CN1CCN(c2ccccc2[N+](=O)[O-])CC1)Nc1cc(Cl)ccc1Cl. The van der Waals surface area contributed by atoms with Crippen molar-refractivity contribution in [3.05, 3.63) is 62.6 Å². The smallest absolute Gasteiger partial charge is 0.292 e. The minimum atomic E-state index is -0.371. The van der Waals surface area contributed by atoms with Crippen molar-refractivity contribution in [2.75, 3.05) is 42.9 Å². The fourth-order valence-corrected chi connectivity index (χ4v) is 3.36. The van der Waals surface area contributed by atoms with E-state index >= 15 is 0 Å². The fourth-order valence-electron chi connectivity index (χ4n) is 3.02. The van der Waals surface area contributed by atoms with Crippen molar-refractivity contribution in [2.24, 2.45) is 0 Å². The van der Waals surface area contributed by atoms with Gasteiger partial charge < -0.3 is 10.2 Å². The summed E-state index contributed by atoms with van der Waals surface area (Å²) in [6.45, 7) is 2.69. The molecule has 0 spiro atoms. The number of anilines is 2. The molecule has 1 amide bonds. The highest BCUT2D eigenvalue weighted by Gasteiger charge is 2.24. The Bertz CT molecular complexity index is 854. The fraction of sp³-hybridized carbons (Fsp3) is 0.278. The summed E-state index contributed by atoms with van der Waals surface area (Å²) in [5, 5.41) is 14.9. The van der Waals surface area contributed by atoms with Crippen LogP contribution in [0.4, 0.5) is 17.1 Å². The average Bonchev–Trinajstić information content (AvgIpc) is 2.65. The summed E-state index contributed by atoms with van der Waals surface area (Å²) in [6, 6.07) is 11.6. The molecule has 7 nitrogen and oxygen atoms in total. The van der Waals surface area contributed by atoms with Crippen LogP contribution in [-0.2, 0) is 4.79 Å². The third-order valence-electron chi connectivity index (χ3n) is 4.36. The van der Waals surface area contributed by atoms with E-state index in [1.807, 2.05) is 9.80 Å². The van der Waals surface area contributed by atoms with Gasteiger partial charge in [-0.15, -0.1) is 0 Å². The highest BCUT2D eigenvalue weighted by atomic mass is 35.5. The van der Waals surface area contributed by atoms with Crippen LogP contribution in [0.2, 0.25) is 10.0 Å². The predicted octanol–water partition coefficient (Wildman–Crippen LogP) is 3.66. The zero-order valence-corrected chi connectivity index (χ0v) is 15.9. The minimum absolute atomic E-state index is 0.0966. The van der Waals surface area contributed by atoms with Gasteiger partial charge in [-0.05, 0) is 24.3 Å². The standard InChI is InChI=1S/C18H18Cl2N4O3/c19-13-5-6-14(20)15(11-13)21-18(25)12-22-7-9-23(10-8-22)16-3-1-2-4-17(16)24(26)27/h1-6,11H,7-10,12H2,(H,21,25). The number of halogens is 2. The second-order valence-electron chi connectivity index (χ2n) is 6.18. The van der Waals surface area contributed by atoms with Crippen molar-refractivity contribution >= 4 is 46.2 Å². The number of para-hydroxylation sites is 2. The van der Waals surface area contributed by atoms with Gasteiger partial charge >= 0.3 is 0 Å². The van der Waals surface area contributed by atoms with Crippen LogP contribution in [-0.4, -0.2) is 48.5 Å². The Hall–Kier alpha value is -2.35. The molecule has 1 aliphatic rings. The van der Waals surface area contributed by atoms with Crippen molar-refractivity contribution < 1.29 is 9.72 Å². The van der Waals surface area contributed by atoms with Crippen molar-refractivity contribution in [1.29, 1.82) is 0 Å². The monoisotopic (exact) mass is 408 g/mol. The number of carbonyl (C=O) groups excluding carboxylic acids is 1. The van der Waals surface area contributed by atoms with Crippen molar-refractivity contribution in [1.82, 2.24) is 4.90 Å². The van der Waals surface area contributed by atoms with Gasteiger partial charge in [-0.25, -0.2) is 0 Å². The molecule has 1 fully saturated rings. The molecule has 1 N–H and O–H groups in total. The highest BCUT2D eigenvalue weighted by molar-refractivity contribution is 6.35. The molecule has 0 atom stereocenters. The summed E-state index contributed by atoms with van der Waals surface area (Å²) in [5.41, 5.74) is 1.18. The molecule has 3 rings (SSSR count). The lowest BCUT2D eigenvalue weighted by Crippen LogP contribution is -2.48. The average molecular weight is 409 g/mol. The Labute approximate surface area is 166 Å². The lowest BCUT2D eigenvalue weighted by Gasteiger charge is -2.35. The molecule has 2 aromatic rings. The number of nitro benzene ring substituents is 1. The van der Waals surface area contributed by atoms with Gasteiger partial charge in [-0.1, -0.05) is 35.3 Å². The van der Waals surface area contributed by atoms with Gasteiger partial charge in [0.2, 0.25) is 5.91 Å². The largest absolute Gasteiger partial charge is 0.363 e. The molecule has 0 unspecified atom stereocenters. The zero-order chi connectivity index (χ0) is 19.4. The topological polar surface area (TPSA) is 78.7 Å². The van der Waals surface area contributed by atoms with Gasteiger partial charge in [0, 0.05) is 37.3 Å². The van der Waals surface area contributed by atoms with E-state index in [0.717, 1.165) is 0 Å². The van der Waals surface area contributed by atoms with Crippen LogP contribution < -0.4 is 10.2 Å². The highest BCUT2D eigenvalue weighted by Crippen LogP contribution is 2.28. The molecular weight excluding hydrogens is 391 g/mol. The van der Waals surface area contributed by atoms with Crippen LogP contribution in [0, 0.1) is 10.1 Å². The summed E-state index contributed by atoms with van der Waals surface area (Å²) in [6.07, 6.45) is 0. The Balaban J connectivity index is 1.56. The van der Waals surface area contributed by atoms with Crippen LogP contribution in [0.1, 0.15) is 0 Å². The molecule has 0 saturated carbocycles. The minimum Gasteiger partial charge on any atom is -0.363 e. The maximum Gasteiger partial charge on any atom is 0.292 e. The number of nitrogens with one attached hydrogen (secondary N) is 1. The Morgan fingerprint density at radius 2 is 1.81 bits per heavy atom. The molecule has 9 heteroatoms. The number of hydrogen-bond donors (Lipinski definition) is 1. The van der Waals surface area contributed by atoms with E-state index in [1.54, 1.807) is 36.4 Å². The van der Waals surface area contributed by atoms with Gasteiger partial charge in [0.15, 0.2) is 0 Å². The molecule has 27 heavy (non-hydrogen) atoms.